The van der Waals surface area contributed by atoms with Gasteiger partial charge in [-0.3, -0.25) is 9.59 Å². The summed E-state index contributed by atoms with van der Waals surface area (Å²) in [6.45, 7) is 5.94. The topological polar surface area (TPSA) is 34.1 Å². The average Bonchev–Trinajstić information content (AvgIpc) is 2.04. The monoisotopic (exact) mass is 180 g/mol. The molecule has 0 radical (unpaired) electrons. The van der Waals surface area contributed by atoms with Gasteiger partial charge in [-0.1, -0.05) is 19.4 Å². The van der Waals surface area contributed by atoms with Crippen molar-refractivity contribution in [3.63, 3.8) is 0 Å². The van der Waals surface area contributed by atoms with Crippen LogP contribution in [0.25, 0.3) is 0 Å². The van der Waals surface area contributed by atoms with Crippen molar-refractivity contribution in [2.75, 3.05) is 0 Å². The molecule has 1 aliphatic carbocycles. The number of carbonyl (C=O) groups is 2. The molecular formula is C11H16O2. The van der Waals surface area contributed by atoms with E-state index in [1.165, 1.54) is 0 Å². The number of rotatable bonds is 2. The Kier molecular flexibility index (Phi) is 3.02. The Morgan fingerprint density at radius 1 is 1.46 bits per heavy atom. The predicted octanol–water partition coefficient (Wildman–Crippen LogP) is 2.14. The Balaban J connectivity index is 2.94. The molecule has 1 atom stereocenters. The van der Waals surface area contributed by atoms with Crippen LogP contribution in [0.5, 0.6) is 0 Å². The fraction of sp³-hybridized carbons (Fsp3) is 0.636. The van der Waals surface area contributed by atoms with Crippen LogP contribution in [0.2, 0.25) is 0 Å². The first-order valence-electron chi connectivity index (χ1n) is 4.77. The van der Waals surface area contributed by atoms with Crippen LogP contribution in [0.15, 0.2) is 11.1 Å². The second-order valence-corrected chi connectivity index (χ2v) is 4.07. The van der Waals surface area contributed by atoms with Crippen LogP contribution in [0.3, 0.4) is 0 Å². The molecule has 0 N–H and O–H groups in total. The number of ketones is 1. The largest absolute Gasteiger partial charge is 0.298 e. The number of carbonyl (C=O) groups excluding carboxylic acids is 2. The fourth-order valence-electron chi connectivity index (χ4n) is 1.84. The third-order valence-electron chi connectivity index (χ3n) is 2.81. The Hall–Kier alpha value is -0.920. The van der Waals surface area contributed by atoms with Crippen LogP contribution in [-0.4, -0.2) is 12.1 Å². The summed E-state index contributed by atoms with van der Waals surface area (Å²) in [6, 6.07) is 0. The zero-order valence-electron chi connectivity index (χ0n) is 8.46. The Morgan fingerprint density at radius 3 is 2.54 bits per heavy atom. The number of aldehydes is 1. The van der Waals surface area contributed by atoms with Gasteiger partial charge in [0.2, 0.25) is 0 Å². The smallest absolute Gasteiger partial charge is 0.169 e. The summed E-state index contributed by atoms with van der Waals surface area (Å²) in [5, 5.41) is 0. The van der Waals surface area contributed by atoms with E-state index in [1.807, 2.05) is 20.8 Å². The van der Waals surface area contributed by atoms with E-state index >= 15 is 0 Å². The molecule has 0 saturated carbocycles. The summed E-state index contributed by atoms with van der Waals surface area (Å²) >= 11 is 0. The molecule has 0 aromatic heterocycles. The first-order valence-corrected chi connectivity index (χ1v) is 4.77. The van der Waals surface area contributed by atoms with Crippen molar-refractivity contribution in [2.24, 2.45) is 11.8 Å². The number of allylic oxidation sites excluding steroid dienone is 2. The van der Waals surface area contributed by atoms with E-state index in [1.54, 1.807) is 0 Å². The van der Waals surface area contributed by atoms with Crippen LogP contribution in [0.4, 0.5) is 0 Å². The summed E-state index contributed by atoms with van der Waals surface area (Å²) in [4.78, 5) is 22.4. The van der Waals surface area contributed by atoms with Crippen molar-refractivity contribution in [1.82, 2.24) is 0 Å². The molecular weight excluding hydrogens is 164 g/mol. The maximum Gasteiger partial charge on any atom is 0.169 e. The highest BCUT2D eigenvalue weighted by atomic mass is 16.1. The van der Waals surface area contributed by atoms with Crippen LogP contribution >= 0.6 is 0 Å². The van der Waals surface area contributed by atoms with E-state index in [-0.39, 0.29) is 11.7 Å². The summed E-state index contributed by atoms with van der Waals surface area (Å²) in [7, 11) is 0. The highest BCUT2D eigenvalue weighted by Gasteiger charge is 2.29. The normalized spacial score (nSPS) is 24.0. The molecule has 0 bridgehead atoms. The fourth-order valence-corrected chi connectivity index (χ4v) is 1.84. The molecule has 0 amide bonds. The maximum absolute atomic E-state index is 11.7. The summed E-state index contributed by atoms with van der Waals surface area (Å²) in [5.74, 6) is 0.452. The molecule has 1 unspecified atom stereocenters. The van der Waals surface area contributed by atoms with Gasteiger partial charge in [0.1, 0.15) is 0 Å². The minimum absolute atomic E-state index is 0.0498. The lowest BCUT2D eigenvalue weighted by molar-refractivity contribution is -0.122. The van der Waals surface area contributed by atoms with Gasteiger partial charge in [0.15, 0.2) is 12.1 Å². The lowest BCUT2D eigenvalue weighted by Crippen LogP contribution is -2.27. The zero-order chi connectivity index (χ0) is 10.0. The average molecular weight is 180 g/mol. The minimum Gasteiger partial charge on any atom is -0.298 e. The van der Waals surface area contributed by atoms with Gasteiger partial charge in [0.05, 0.1) is 5.57 Å². The molecule has 0 aromatic rings. The lowest BCUT2D eigenvalue weighted by Gasteiger charge is -2.24. The molecule has 0 saturated heterocycles. The number of hydrogen-bond acceptors (Lipinski definition) is 2. The molecule has 0 fully saturated rings. The predicted molar refractivity (Wildman–Crippen MR) is 51.3 cm³/mol. The molecule has 0 spiro atoms. The van der Waals surface area contributed by atoms with Crippen LogP contribution in [0.1, 0.15) is 33.6 Å². The number of hydrogen-bond donors (Lipinski definition) is 0. The first kappa shape index (κ1) is 10.2. The Morgan fingerprint density at radius 2 is 2.08 bits per heavy atom. The van der Waals surface area contributed by atoms with E-state index < -0.39 is 0 Å². The maximum atomic E-state index is 11.7. The second-order valence-electron chi connectivity index (χ2n) is 4.07. The SMILES string of the molecule is CC1=C(C=O)C(=O)C(C(C)C)CC1. The standard InChI is InChI=1S/C11H16O2/c1-7(2)9-5-4-8(3)10(6-12)11(9)13/h6-7,9H,4-5H2,1-3H3. The quantitative estimate of drug-likeness (QED) is 0.482. The van der Waals surface area contributed by atoms with E-state index in [0.29, 0.717) is 17.8 Å². The summed E-state index contributed by atoms with van der Waals surface area (Å²) < 4.78 is 0. The van der Waals surface area contributed by atoms with Crippen molar-refractivity contribution < 1.29 is 9.59 Å². The van der Waals surface area contributed by atoms with E-state index in [9.17, 15) is 9.59 Å². The molecule has 0 heterocycles. The number of Topliss-reactive ketones (excluding diaryl/α,β-unsaturated/α-hetero) is 1. The molecule has 13 heavy (non-hydrogen) atoms. The molecule has 1 rings (SSSR count). The van der Waals surface area contributed by atoms with Crippen molar-refractivity contribution in [2.45, 2.75) is 33.6 Å². The van der Waals surface area contributed by atoms with Crippen molar-refractivity contribution >= 4 is 12.1 Å². The van der Waals surface area contributed by atoms with Gasteiger partial charge >= 0.3 is 0 Å². The molecule has 72 valence electrons. The van der Waals surface area contributed by atoms with E-state index in [4.69, 9.17) is 0 Å². The first-order chi connectivity index (χ1) is 6.07. The van der Waals surface area contributed by atoms with Crippen LogP contribution in [-0.2, 0) is 9.59 Å². The van der Waals surface area contributed by atoms with Crippen molar-refractivity contribution in [3.05, 3.63) is 11.1 Å². The molecule has 2 heteroatoms. The van der Waals surface area contributed by atoms with E-state index in [2.05, 4.69) is 0 Å². The van der Waals surface area contributed by atoms with Gasteiger partial charge in [0.25, 0.3) is 0 Å². The lowest BCUT2D eigenvalue weighted by atomic mass is 9.78. The Labute approximate surface area is 79.0 Å². The highest BCUT2D eigenvalue weighted by Crippen LogP contribution is 2.29. The minimum atomic E-state index is 0.0498. The summed E-state index contributed by atoms with van der Waals surface area (Å²) in [5.41, 5.74) is 1.38. The van der Waals surface area contributed by atoms with Gasteiger partial charge in [-0.25, -0.2) is 0 Å². The van der Waals surface area contributed by atoms with Crippen LogP contribution in [0, 0.1) is 11.8 Å². The Bertz CT molecular complexity index is 261. The van der Waals surface area contributed by atoms with Gasteiger partial charge in [0, 0.05) is 5.92 Å². The molecule has 0 aliphatic heterocycles. The summed E-state index contributed by atoms with van der Waals surface area (Å²) in [6.07, 6.45) is 2.51. The zero-order valence-corrected chi connectivity index (χ0v) is 8.46. The van der Waals surface area contributed by atoms with Gasteiger partial charge in [-0.05, 0) is 25.7 Å². The second kappa shape index (κ2) is 3.86. The molecule has 0 aromatic carbocycles. The van der Waals surface area contributed by atoms with Gasteiger partial charge < -0.3 is 0 Å². The van der Waals surface area contributed by atoms with Crippen LogP contribution < -0.4 is 0 Å². The molecule has 1 aliphatic rings. The highest BCUT2D eigenvalue weighted by molar-refractivity contribution is 6.14. The third kappa shape index (κ3) is 1.87. The van der Waals surface area contributed by atoms with Crippen molar-refractivity contribution in [1.29, 1.82) is 0 Å². The van der Waals surface area contributed by atoms with Gasteiger partial charge in [-0.2, -0.15) is 0 Å². The van der Waals surface area contributed by atoms with Gasteiger partial charge in [-0.15, -0.1) is 0 Å². The van der Waals surface area contributed by atoms with Crippen molar-refractivity contribution in [3.8, 4) is 0 Å². The third-order valence-corrected chi connectivity index (χ3v) is 2.81. The van der Waals surface area contributed by atoms with E-state index in [0.717, 1.165) is 18.4 Å². The molecule has 2 nitrogen and oxygen atoms in total.